The van der Waals surface area contributed by atoms with Crippen molar-refractivity contribution in [2.75, 3.05) is 20.2 Å². The molecular weight excluding hydrogens is 320 g/mol. The Labute approximate surface area is 146 Å². The number of carbonyl (C=O) groups excluding carboxylic acids is 1. The average molecular weight is 340 g/mol. The van der Waals surface area contributed by atoms with E-state index in [2.05, 4.69) is 4.98 Å². The lowest BCUT2D eigenvalue weighted by Crippen LogP contribution is -2.42. The normalized spacial score (nSPS) is 17.2. The Bertz CT molecular complexity index is 776. The van der Waals surface area contributed by atoms with Gasteiger partial charge in [-0.1, -0.05) is 6.07 Å². The number of hydrogen-bond acceptors (Lipinski definition) is 4. The van der Waals surface area contributed by atoms with Gasteiger partial charge < -0.3 is 14.7 Å². The van der Waals surface area contributed by atoms with Crippen LogP contribution in [-0.2, 0) is 4.79 Å². The number of rotatable bonds is 4. The number of carbonyl (C=O) groups is 2. The smallest absolute Gasteiger partial charge is 0.308 e. The van der Waals surface area contributed by atoms with Crippen molar-refractivity contribution in [3.63, 3.8) is 0 Å². The third-order valence-corrected chi connectivity index (χ3v) is 4.45. The minimum Gasteiger partial charge on any atom is -0.496 e. The number of methoxy groups -OCH3 is 1. The first-order chi connectivity index (χ1) is 12.1. The fraction of sp³-hybridized carbons (Fsp3) is 0.316. The number of nitrogens with zero attached hydrogens (tertiary/aromatic N) is 2. The summed E-state index contributed by atoms with van der Waals surface area (Å²) in [5.74, 6) is -0.865. The first-order valence-electron chi connectivity index (χ1n) is 8.21. The van der Waals surface area contributed by atoms with Gasteiger partial charge in [0, 0.05) is 30.4 Å². The van der Waals surface area contributed by atoms with Crippen molar-refractivity contribution in [3.8, 4) is 17.0 Å². The molecule has 0 spiro atoms. The Kier molecular flexibility index (Phi) is 4.97. The first kappa shape index (κ1) is 17.0. The lowest BCUT2D eigenvalue weighted by molar-refractivity contribution is -0.143. The van der Waals surface area contributed by atoms with E-state index in [4.69, 9.17) is 4.74 Å². The second-order valence-corrected chi connectivity index (χ2v) is 6.06. The lowest BCUT2D eigenvalue weighted by Gasteiger charge is -2.31. The van der Waals surface area contributed by atoms with E-state index >= 15 is 0 Å². The molecule has 0 saturated carbocycles. The Hall–Kier alpha value is -2.89. The zero-order valence-corrected chi connectivity index (χ0v) is 14.0. The maximum atomic E-state index is 12.8. The summed E-state index contributed by atoms with van der Waals surface area (Å²) in [6, 6.07) is 10.8. The molecule has 1 fully saturated rings. The SMILES string of the molecule is COc1ccc(C(=O)N2CCC[C@H](C(=O)O)C2)cc1-c1ccccn1. The van der Waals surface area contributed by atoms with Crippen LogP contribution in [0.3, 0.4) is 0 Å². The molecule has 130 valence electrons. The van der Waals surface area contributed by atoms with Crippen molar-refractivity contribution >= 4 is 11.9 Å². The van der Waals surface area contributed by atoms with E-state index in [9.17, 15) is 14.7 Å². The number of carboxylic acid groups (broad SMARTS) is 1. The monoisotopic (exact) mass is 340 g/mol. The molecule has 1 aromatic heterocycles. The highest BCUT2D eigenvalue weighted by molar-refractivity contribution is 5.96. The molecule has 0 unspecified atom stereocenters. The van der Waals surface area contributed by atoms with Gasteiger partial charge in [-0.2, -0.15) is 0 Å². The maximum Gasteiger partial charge on any atom is 0.308 e. The molecular formula is C19H20N2O4. The summed E-state index contributed by atoms with van der Waals surface area (Å²) in [5, 5.41) is 9.21. The molecule has 3 rings (SSSR count). The van der Waals surface area contributed by atoms with Gasteiger partial charge in [0.2, 0.25) is 0 Å². The summed E-state index contributed by atoms with van der Waals surface area (Å²) in [7, 11) is 1.57. The Morgan fingerprint density at radius 2 is 2.12 bits per heavy atom. The van der Waals surface area contributed by atoms with E-state index in [0.29, 0.717) is 30.7 Å². The minimum absolute atomic E-state index is 0.161. The van der Waals surface area contributed by atoms with Gasteiger partial charge in [0.1, 0.15) is 5.75 Å². The van der Waals surface area contributed by atoms with Crippen LogP contribution < -0.4 is 4.74 Å². The van der Waals surface area contributed by atoms with Gasteiger partial charge in [0.25, 0.3) is 5.91 Å². The highest BCUT2D eigenvalue weighted by atomic mass is 16.5. The molecule has 1 saturated heterocycles. The van der Waals surface area contributed by atoms with Gasteiger partial charge >= 0.3 is 5.97 Å². The number of benzene rings is 1. The summed E-state index contributed by atoms with van der Waals surface area (Å²) in [5.41, 5.74) is 1.96. The number of amides is 1. The number of carboxylic acids is 1. The summed E-state index contributed by atoms with van der Waals surface area (Å²) in [6.07, 6.45) is 3.00. The molecule has 2 aromatic rings. The van der Waals surface area contributed by atoms with Gasteiger partial charge in [-0.25, -0.2) is 0 Å². The fourth-order valence-electron chi connectivity index (χ4n) is 3.11. The number of likely N-dealkylation sites (tertiary alicyclic amines) is 1. The van der Waals surface area contributed by atoms with Gasteiger partial charge in [-0.15, -0.1) is 0 Å². The first-order valence-corrected chi connectivity index (χ1v) is 8.21. The molecule has 0 aliphatic carbocycles. The molecule has 6 heteroatoms. The Morgan fingerprint density at radius 3 is 2.80 bits per heavy atom. The summed E-state index contributed by atoms with van der Waals surface area (Å²) in [6.45, 7) is 0.826. The van der Waals surface area contributed by atoms with Crippen LogP contribution in [0, 0.1) is 5.92 Å². The van der Waals surface area contributed by atoms with Crippen molar-refractivity contribution in [2.24, 2.45) is 5.92 Å². The zero-order valence-electron chi connectivity index (χ0n) is 14.0. The molecule has 1 atom stereocenters. The molecule has 0 bridgehead atoms. The van der Waals surface area contributed by atoms with Crippen LogP contribution in [0.15, 0.2) is 42.6 Å². The summed E-state index contributed by atoms with van der Waals surface area (Å²) >= 11 is 0. The lowest BCUT2D eigenvalue weighted by atomic mass is 9.97. The van der Waals surface area contributed by atoms with E-state index in [0.717, 1.165) is 11.3 Å². The van der Waals surface area contributed by atoms with Crippen LogP contribution in [0.2, 0.25) is 0 Å². The molecule has 1 aliphatic rings. The van der Waals surface area contributed by atoms with Crippen LogP contribution in [0.1, 0.15) is 23.2 Å². The van der Waals surface area contributed by atoms with Gasteiger partial charge in [0.05, 0.1) is 18.7 Å². The van der Waals surface area contributed by atoms with Gasteiger partial charge in [-0.05, 0) is 43.2 Å². The van der Waals surface area contributed by atoms with Crippen LogP contribution in [0.5, 0.6) is 5.75 Å². The topological polar surface area (TPSA) is 79.7 Å². The molecule has 1 aromatic carbocycles. The molecule has 0 radical (unpaired) electrons. The number of ether oxygens (including phenoxy) is 1. The highest BCUT2D eigenvalue weighted by Gasteiger charge is 2.29. The molecule has 1 amide bonds. The summed E-state index contributed by atoms with van der Waals surface area (Å²) < 4.78 is 5.39. The van der Waals surface area contributed by atoms with Crippen molar-refractivity contribution in [2.45, 2.75) is 12.8 Å². The van der Waals surface area contributed by atoms with Crippen LogP contribution >= 0.6 is 0 Å². The predicted molar refractivity (Wildman–Crippen MR) is 92.5 cm³/mol. The second-order valence-electron chi connectivity index (χ2n) is 6.06. The standard InChI is InChI=1S/C19H20N2O4/c1-25-17-8-7-13(11-15(17)16-6-2-3-9-20-16)18(22)21-10-4-5-14(12-21)19(23)24/h2-3,6-9,11,14H,4-5,10,12H2,1H3,(H,23,24)/t14-/m0/s1. The number of pyridine rings is 1. The van der Waals surface area contributed by atoms with Gasteiger partial charge in [-0.3, -0.25) is 14.6 Å². The number of aliphatic carboxylic acids is 1. The van der Waals surface area contributed by atoms with Crippen LogP contribution in [-0.4, -0.2) is 47.1 Å². The number of hydrogen-bond donors (Lipinski definition) is 1. The predicted octanol–water partition coefficient (Wildman–Crippen LogP) is 2.69. The number of piperidine rings is 1. The third-order valence-electron chi connectivity index (χ3n) is 4.45. The number of aromatic nitrogens is 1. The van der Waals surface area contributed by atoms with E-state index in [-0.39, 0.29) is 12.5 Å². The van der Waals surface area contributed by atoms with E-state index < -0.39 is 11.9 Å². The van der Waals surface area contributed by atoms with E-state index in [1.807, 2.05) is 18.2 Å². The highest BCUT2D eigenvalue weighted by Crippen LogP contribution is 2.30. The second kappa shape index (κ2) is 7.34. The van der Waals surface area contributed by atoms with E-state index in [1.54, 1.807) is 36.4 Å². The van der Waals surface area contributed by atoms with Gasteiger partial charge in [0.15, 0.2) is 0 Å². The van der Waals surface area contributed by atoms with Crippen molar-refractivity contribution in [3.05, 3.63) is 48.2 Å². The van der Waals surface area contributed by atoms with Crippen LogP contribution in [0.25, 0.3) is 11.3 Å². The molecule has 25 heavy (non-hydrogen) atoms. The quantitative estimate of drug-likeness (QED) is 0.926. The summed E-state index contributed by atoms with van der Waals surface area (Å²) in [4.78, 5) is 30.0. The molecule has 1 N–H and O–H groups in total. The third kappa shape index (κ3) is 3.63. The van der Waals surface area contributed by atoms with E-state index in [1.165, 1.54) is 0 Å². The molecule has 2 heterocycles. The Morgan fingerprint density at radius 1 is 1.28 bits per heavy atom. The van der Waals surface area contributed by atoms with Crippen molar-refractivity contribution in [1.29, 1.82) is 0 Å². The largest absolute Gasteiger partial charge is 0.496 e. The average Bonchev–Trinajstić information content (AvgIpc) is 2.67. The van der Waals surface area contributed by atoms with Crippen molar-refractivity contribution in [1.82, 2.24) is 9.88 Å². The van der Waals surface area contributed by atoms with Crippen LogP contribution in [0.4, 0.5) is 0 Å². The maximum absolute atomic E-state index is 12.8. The Balaban J connectivity index is 1.90. The molecule has 1 aliphatic heterocycles. The van der Waals surface area contributed by atoms with Crippen molar-refractivity contribution < 1.29 is 19.4 Å². The zero-order chi connectivity index (χ0) is 17.8. The molecule has 6 nitrogen and oxygen atoms in total. The fourth-order valence-corrected chi connectivity index (χ4v) is 3.11. The minimum atomic E-state index is -0.846.